The number of rotatable bonds is 5. The fourth-order valence-corrected chi connectivity index (χ4v) is 3.44. The third-order valence-corrected chi connectivity index (χ3v) is 4.98. The molecule has 1 fully saturated rings. The summed E-state index contributed by atoms with van der Waals surface area (Å²) in [4.78, 5) is 26.9. The molecule has 0 atom stereocenters. The first-order chi connectivity index (χ1) is 15.2. The summed E-state index contributed by atoms with van der Waals surface area (Å²) in [6.07, 6.45) is 5.04. The Morgan fingerprint density at radius 3 is 2.77 bits per heavy atom. The molecule has 3 aromatic heterocycles. The van der Waals surface area contributed by atoms with Crippen molar-refractivity contribution in [1.82, 2.24) is 24.6 Å². The number of benzene rings is 1. The molecule has 10 nitrogen and oxygen atoms in total. The van der Waals surface area contributed by atoms with Gasteiger partial charge in [0.15, 0.2) is 5.65 Å². The van der Waals surface area contributed by atoms with E-state index in [0.717, 1.165) is 24.6 Å². The second-order valence-corrected chi connectivity index (χ2v) is 6.99. The maximum Gasteiger partial charge on any atom is 0.335 e. The lowest BCUT2D eigenvalue weighted by Crippen LogP contribution is -2.36. The normalized spacial score (nSPS) is 14.0. The van der Waals surface area contributed by atoms with Gasteiger partial charge in [-0.3, -0.25) is 4.98 Å². The summed E-state index contributed by atoms with van der Waals surface area (Å²) in [5.41, 5.74) is 2.67. The second-order valence-electron chi connectivity index (χ2n) is 6.99. The molecular formula is C21H19N7O3. The molecule has 1 saturated heterocycles. The Kier molecular flexibility index (Phi) is 4.89. The molecule has 0 bridgehead atoms. The van der Waals surface area contributed by atoms with Crippen LogP contribution in [-0.2, 0) is 4.74 Å². The summed E-state index contributed by atoms with van der Waals surface area (Å²) in [7, 11) is 0. The largest absolute Gasteiger partial charge is 0.478 e. The van der Waals surface area contributed by atoms with E-state index >= 15 is 0 Å². The molecule has 0 spiro atoms. The number of pyridine rings is 1. The molecule has 31 heavy (non-hydrogen) atoms. The zero-order chi connectivity index (χ0) is 21.2. The van der Waals surface area contributed by atoms with Gasteiger partial charge in [-0.2, -0.15) is 4.98 Å². The van der Waals surface area contributed by atoms with Crippen LogP contribution in [0.4, 0.5) is 17.5 Å². The lowest BCUT2D eigenvalue weighted by molar-refractivity contribution is 0.0697. The average molecular weight is 417 g/mol. The number of carbonyl (C=O) groups is 1. The highest BCUT2D eigenvalue weighted by molar-refractivity contribution is 5.90. The van der Waals surface area contributed by atoms with E-state index in [-0.39, 0.29) is 5.56 Å². The standard InChI is InChI=1S/C21H19N7O3/c29-20(30)15-3-1-2-14(12-15)18-19-25-21(26-28(19)7-6-22-18)24-16-4-5-17(23-13-16)27-8-10-31-11-9-27/h1-7,12-13H,8-11H2,(H,24,26)(H,29,30). The molecule has 0 aliphatic carbocycles. The van der Waals surface area contributed by atoms with Gasteiger partial charge in [0.2, 0.25) is 5.95 Å². The smallest absolute Gasteiger partial charge is 0.335 e. The SMILES string of the molecule is O=C(O)c1cccc(-c2nccn3nc(Nc4ccc(N5CCOCC5)nc4)nc23)c1. The van der Waals surface area contributed by atoms with Crippen molar-refractivity contribution in [3.8, 4) is 11.3 Å². The van der Waals surface area contributed by atoms with Crippen molar-refractivity contribution in [2.45, 2.75) is 0 Å². The first-order valence-electron chi connectivity index (χ1n) is 9.78. The Morgan fingerprint density at radius 1 is 1.13 bits per heavy atom. The van der Waals surface area contributed by atoms with Crippen LogP contribution in [0.3, 0.4) is 0 Å². The number of anilines is 3. The fourth-order valence-electron chi connectivity index (χ4n) is 3.44. The van der Waals surface area contributed by atoms with E-state index in [1.54, 1.807) is 41.3 Å². The number of hydrogen-bond donors (Lipinski definition) is 2. The predicted octanol–water partition coefficient (Wildman–Crippen LogP) is 2.46. The second kappa shape index (κ2) is 8.00. The predicted molar refractivity (Wildman–Crippen MR) is 114 cm³/mol. The van der Waals surface area contributed by atoms with Gasteiger partial charge in [-0.1, -0.05) is 12.1 Å². The molecule has 1 aliphatic heterocycles. The van der Waals surface area contributed by atoms with Crippen molar-refractivity contribution < 1.29 is 14.6 Å². The maximum atomic E-state index is 11.3. The molecule has 0 amide bonds. The van der Waals surface area contributed by atoms with E-state index < -0.39 is 5.97 Å². The summed E-state index contributed by atoms with van der Waals surface area (Å²) in [6.45, 7) is 3.07. The van der Waals surface area contributed by atoms with Crippen LogP contribution in [0.5, 0.6) is 0 Å². The zero-order valence-electron chi connectivity index (χ0n) is 16.5. The molecule has 2 N–H and O–H groups in total. The van der Waals surface area contributed by atoms with Crippen molar-refractivity contribution in [2.75, 3.05) is 36.5 Å². The minimum absolute atomic E-state index is 0.186. The Labute approximate surface area is 177 Å². The van der Waals surface area contributed by atoms with E-state index in [1.807, 2.05) is 12.1 Å². The van der Waals surface area contributed by atoms with Gasteiger partial charge in [-0.15, -0.1) is 5.10 Å². The highest BCUT2D eigenvalue weighted by Gasteiger charge is 2.14. The van der Waals surface area contributed by atoms with Crippen LogP contribution in [0, 0.1) is 0 Å². The molecule has 5 rings (SSSR count). The minimum atomic E-state index is -0.995. The molecule has 0 saturated carbocycles. The third kappa shape index (κ3) is 3.88. The molecule has 0 unspecified atom stereocenters. The molecule has 156 valence electrons. The van der Waals surface area contributed by atoms with Gasteiger partial charge in [0.05, 0.1) is 30.7 Å². The van der Waals surface area contributed by atoms with Gasteiger partial charge < -0.3 is 20.1 Å². The summed E-state index contributed by atoms with van der Waals surface area (Å²) in [5.74, 6) is 0.303. The monoisotopic (exact) mass is 417 g/mol. The molecule has 1 aromatic carbocycles. The number of nitrogens with zero attached hydrogens (tertiary/aromatic N) is 6. The van der Waals surface area contributed by atoms with Crippen molar-refractivity contribution in [2.24, 2.45) is 0 Å². The van der Waals surface area contributed by atoms with Crippen molar-refractivity contribution in [3.63, 3.8) is 0 Å². The summed E-state index contributed by atoms with van der Waals surface area (Å²) in [6, 6.07) is 10.5. The first kappa shape index (κ1) is 18.9. The molecule has 0 radical (unpaired) electrons. The maximum absolute atomic E-state index is 11.3. The Bertz CT molecular complexity index is 1230. The number of aromatic carboxylic acids is 1. The molecular weight excluding hydrogens is 398 g/mol. The number of aromatic nitrogens is 5. The van der Waals surface area contributed by atoms with E-state index in [2.05, 4.69) is 30.3 Å². The topological polar surface area (TPSA) is 118 Å². The number of carboxylic acid groups (broad SMARTS) is 1. The van der Waals surface area contributed by atoms with Gasteiger partial charge in [0.1, 0.15) is 11.5 Å². The van der Waals surface area contributed by atoms with E-state index in [0.29, 0.717) is 36.1 Å². The van der Waals surface area contributed by atoms with E-state index in [9.17, 15) is 9.90 Å². The van der Waals surface area contributed by atoms with Gasteiger partial charge >= 0.3 is 5.97 Å². The number of ether oxygens (including phenoxy) is 1. The number of hydrogen-bond acceptors (Lipinski definition) is 8. The van der Waals surface area contributed by atoms with Gasteiger partial charge in [-0.05, 0) is 24.3 Å². The molecule has 1 aliphatic rings. The van der Waals surface area contributed by atoms with Crippen molar-refractivity contribution >= 4 is 29.1 Å². The quantitative estimate of drug-likeness (QED) is 0.505. The molecule has 10 heteroatoms. The van der Waals surface area contributed by atoms with Crippen molar-refractivity contribution in [3.05, 3.63) is 60.6 Å². The van der Waals surface area contributed by atoms with Crippen LogP contribution < -0.4 is 10.2 Å². The van der Waals surface area contributed by atoms with Crippen LogP contribution in [0.2, 0.25) is 0 Å². The lowest BCUT2D eigenvalue weighted by atomic mass is 10.1. The fraction of sp³-hybridized carbons (Fsp3) is 0.190. The Hall–Kier alpha value is -4.05. The van der Waals surface area contributed by atoms with E-state index in [4.69, 9.17) is 4.74 Å². The Morgan fingerprint density at radius 2 is 2.00 bits per heavy atom. The third-order valence-electron chi connectivity index (χ3n) is 4.98. The van der Waals surface area contributed by atoms with Crippen LogP contribution >= 0.6 is 0 Å². The minimum Gasteiger partial charge on any atom is -0.478 e. The zero-order valence-corrected chi connectivity index (χ0v) is 16.5. The number of nitrogens with one attached hydrogen (secondary N) is 1. The average Bonchev–Trinajstić information content (AvgIpc) is 3.22. The Balaban J connectivity index is 1.41. The van der Waals surface area contributed by atoms with Crippen molar-refractivity contribution in [1.29, 1.82) is 0 Å². The highest BCUT2D eigenvalue weighted by Crippen LogP contribution is 2.24. The van der Waals surface area contributed by atoms with Gasteiger partial charge in [0, 0.05) is 31.0 Å². The number of carboxylic acids is 1. The summed E-state index contributed by atoms with van der Waals surface area (Å²) in [5, 5.41) is 16.9. The first-order valence-corrected chi connectivity index (χ1v) is 9.78. The van der Waals surface area contributed by atoms with Crippen LogP contribution in [0.1, 0.15) is 10.4 Å². The van der Waals surface area contributed by atoms with Crippen LogP contribution in [0.25, 0.3) is 16.9 Å². The highest BCUT2D eigenvalue weighted by atomic mass is 16.5. The number of fused-ring (bicyclic) bond motifs is 1. The van der Waals surface area contributed by atoms with E-state index in [1.165, 1.54) is 6.07 Å². The summed E-state index contributed by atoms with van der Waals surface area (Å²) < 4.78 is 6.98. The van der Waals surface area contributed by atoms with Gasteiger partial charge in [-0.25, -0.2) is 14.3 Å². The lowest BCUT2D eigenvalue weighted by Gasteiger charge is -2.27. The summed E-state index contributed by atoms with van der Waals surface area (Å²) >= 11 is 0. The van der Waals surface area contributed by atoms with Gasteiger partial charge in [0.25, 0.3) is 0 Å². The molecule has 4 aromatic rings. The van der Waals surface area contributed by atoms with Crippen LogP contribution in [0.15, 0.2) is 55.0 Å². The number of morpholine rings is 1. The van der Waals surface area contributed by atoms with Crippen LogP contribution in [-0.4, -0.2) is 61.9 Å². The molecule has 4 heterocycles.